The largest absolute Gasteiger partial charge is 0.496 e. The molecule has 1 amide bonds. The molecule has 1 N–H and O–H groups in total. The van der Waals surface area contributed by atoms with Crippen molar-refractivity contribution >= 4 is 5.91 Å². The number of nitrogens with zero attached hydrogens (tertiary/aromatic N) is 1. The van der Waals surface area contributed by atoms with Crippen LogP contribution in [0.1, 0.15) is 18.1 Å². The molecule has 0 fully saturated rings. The second-order valence-electron chi connectivity index (χ2n) is 4.60. The lowest BCUT2D eigenvalue weighted by Gasteiger charge is -2.19. The third-order valence-corrected chi connectivity index (χ3v) is 2.79. The Hall–Kier alpha value is -1.55. The summed E-state index contributed by atoms with van der Waals surface area (Å²) < 4.78 is 5.23. The summed E-state index contributed by atoms with van der Waals surface area (Å²) in [7, 11) is 3.31. The Labute approximate surface area is 108 Å². The molecule has 0 heterocycles. The van der Waals surface area contributed by atoms with Crippen LogP contribution in [-0.2, 0) is 11.2 Å². The smallest absolute Gasteiger partial charge is 0.226 e. The van der Waals surface area contributed by atoms with E-state index in [0.717, 1.165) is 16.9 Å². The molecule has 0 spiro atoms. The third-order valence-electron chi connectivity index (χ3n) is 2.79. The van der Waals surface area contributed by atoms with Gasteiger partial charge in [-0.15, -0.1) is 0 Å². The van der Waals surface area contributed by atoms with Crippen LogP contribution in [0.3, 0.4) is 0 Å². The van der Waals surface area contributed by atoms with E-state index in [1.165, 1.54) is 4.90 Å². The van der Waals surface area contributed by atoms with E-state index in [4.69, 9.17) is 4.74 Å². The molecule has 1 rings (SSSR count). The molecule has 1 unspecified atom stereocenters. The first kappa shape index (κ1) is 14.5. The molecule has 0 aromatic heterocycles. The summed E-state index contributed by atoms with van der Waals surface area (Å²) in [6.45, 7) is 3.98. The first-order chi connectivity index (χ1) is 8.43. The van der Waals surface area contributed by atoms with Gasteiger partial charge in [0.25, 0.3) is 0 Å². The highest BCUT2D eigenvalue weighted by molar-refractivity contribution is 5.78. The van der Waals surface area contributed by atoms with E-state index in [0.29, 0.717) is 13.0 Å². The van der Waals surface area contributed by atoms with Gasteiger partial charge in [-0.3, -0.25) is 4.79 Å². The predicted molar refractivity (Wildman–Crippen MR) is 70.8 cm³/mol. The lowest BCUT2D eigenvalue weighted by Crippen LogP contribution is -2.34. The van der Waals surface area contributed by atoms with Crippen LogP contribution in [0, 0.1) is 6.92 Å². The highest BCUT2D eigenvalue weighted by Crippen LogP contribution is 2.19. The normalized spacial score (nSPS) is 12.1. The zero-order valence-corrected chi connectivity index (χ0v) is 11.4. The fraction of sp³-hybridized carbons (Fsp3) is 0.500. The molecule has 18 heavy (non-hydrogen) atoms. The topological polar surface area (TPSA) is 49.8 Å². The number of aliphatic hydroxyl groups excluding tert-OH is 1. The molecule has 0 aliphatic rings. The quantitative estimate of drug-likeness (QED) is 0.860. The van der Waals surface area contributed by atoms with Crippen molar-refractivity contribution in [2.24, 2.45) is 0 Å². The number of aliphatic hydroxyl groups is 1. The number of amides is 1. The average molecular weight is 251 g/mol. The van der Waals surface area contributed by atoms with Gasteiger partial charge >= 0.3 is 0 Å². The van der Waals surface area contributed by atoms with Gasteiger partial charge in [0.15, 0.2) is 0 Å². The van der Waals surface area contributed by atoms with Crippen LogP contribution in [0.2, 0.25) is 0 Å². The number of carbonyl (C=O) groups excluding carboxylic acids is 1. The van der Waals surface area contributed by atoms with Gasteiger partial charge in [0.1, 0.15) is 5.75 Å². The molecular formula is C14H21NO3. The van der Waals surface area contributed by atoms with Crippen LogP contribution in [-0.4, -0.2) is 42.7 Å². The van der Waals surface area contributed by atoms with Gasteiger partial charge in [-0.2, -0.15) is 0 Å². The molecule has 4 nitrogen and oxygen atoms in total. The van der Waals surface area contributed by atoms with E-state index in [-0.39, 0.29) is 5.91 Å². The Morgan fingerprint density at radius 3 is 2.72 bits per heavy atom. The number of benzene rings is 1. The van der Waals surface area contributed by atoms with E-state index < -0.39 is 6.10 Å². The lowest BCUT2D eigenvalue weighted by molar-refractivity contribution is -0.130. The third kappa shape index (κ3) is 4.04. The fourth-order valence-corrected chi connectivity index (χ4v) is 1.78. The molecule has 0 saturated carbocycles. The number of hydrogen-bond donors (Lipinski definition) is 1. The Bertz CT molecular complexity index is 416. The lowest BCUT2D eigenvalue weighted by atomic mass is 10.1. The Morgan fingerprint density at radius 1 is 1.50 bits per heavy atom. The van der Waals surface area contributed by atoms with Crippen molar-refractivity contribution in [1.29, 1.82) is 0 Å². The molecule has 0 radical (unpaired) electrons. The monoisotopic (exact) mass is 251 g/mol. The van der Waals surface area contributed by atoms with Gasteiger partial charge in [-0.1, -0.05) is 12.1 Å². The molecule has 1 atom stereocenters. The summed E-state index contributed by atoms with van der Waals surface area (Å²) in [6.07, 6.45) is -0.189. The highest BCUT2D eigenvalue weighted by Gasteiger charge is 2.12. The fourth-order valence-electron chi connectivity index (χ4n) is 1.78. The van der Waals surface area contributed by atoms with Crippen molar-refractivity contribution in [2.75, 3.05) is 20.7 Å². The maximum atomic E-state index is 11.9. The number of methoxy groups -OCH3 is 1. The van der Waals surface area contributed by atoms with Crippen LogP contribution in [0.15, 0.2) is 18.2 Å². The van der Waals surface area contributed by atoms with Gasteiger partial charge in [0.2, 0.25) is 5.91 Å². The van der Waals surface area contributed by atoms with Gasteiger partial charge in [0.05, 0.1) is 19.6 Å². The number of likely N-dealkylation sites (N-methyl/N-ethyl adjacent to an activating group) is 1. The van der Waals surface area contributed by atoms with Crippen molar-refractivity contribution in [2.45, 2.75) is 26.4 Å². The first-order valence-electron chi connectivity index (χ1n) is 5.99. The Balaban J connectivity index is 2.70. The standard InChI is InChI=1S/C14H21NO3/c1-10-5-6-12(7-13(10)18-4)8-14(17)15(3)9-11(2)16/h5-7,11,16H,8-9H2,1-4H3. The average Bonchev–Trinajstić information content (AvgIpc) is 2.30. The summed E-state index contributed by atoms with van der Waals surface area (Å²) in [5, 5.41) is 9.24. The van der Waals surface area contributed by atoms with E-state index in [1.54, 1.807) is 21.1 Å². The number of aryl methyl sites for hydroxylation is 1. The predicted octanol–water partition coefficient (Wildman–Crippen LogP) is 1.39. The van der Waals surface area contributed by atoms with E-state index in [2.05, 4.69) is 0 Å². The molecule has 100 valence electrons. The number of hydrogen-bond acceptors (Lipinski definition) is 3. The SMILES string of the molecule is COc1cc(CC(=O)N(C)CC(C)O)ccc1C. The number of ether oxygens (including phenoxy) is 1. The van der Waals surface area contributed by atoms with Gasteiger partial charge in [-0.05, 0) is 31.0 Å². The zero-order chi connectivity index (χ0) is 13.7. The Kier molecular flexibility index (Phi) is 5.16. The summed E-state index contributed by atoms with van der Waals surface area (Å²) in [5.41, 5.74) is 1.96. The summed E-state index contributed by atoms with van der Waals surface area (Å²) in [6, 6.07) is 5.74. The number of rotatable bonds is 5. The minimum Gasteiger partial charge on any atom is -0.496 e. The van der Waals surface area contributed by atoms with Crippen molar-refractivity contribution in [1.82, 2.24) is 4.90 Å². The van der Waals surface area contributed by atoms with E-state index in [9.17, 15) is 9.90 Å². The van der Waals surface area contributed by atoms with Crippen molar-refractivity contribution in [3.8, 4) is 5.75 Å². The maximum Gasteiger partial charge on any atom is 0.226 e. The van der Waals surface area contributed by atoms with Crippen LogP contribution >= 0.6 is 0 Å². The molecule has 0 saturated heterocycles. The van der Waals surface area contributed by atoms with Gasteiger partial charge in [0, 0.05) is 13.6 Å². The van der Waals surface area contributed by atoms with Crippen molar-refractivity contribution in [3.63, 3.8) is 0 Å². The van der Waals surface area contributed by atoms with Crippen LogP contribution in [0.25, 0.3) is 0 Å². The Morgan fingerprint density at radius 2 is 2.17 bits per heavy atom. The second kappa shape index (κ2) is 6.40. The minimum absolute atomic E-state index is 0.0122. The summed E-state index contributed by atoms with van der Waals surface area (Å²) in [5.74, 6) is 0.778. The second-order valence-corrected chi connectivity index (χ2v) is 4.60. The van der Waals surface area contributed by atoms with Gasteiger partial charge < -0.3 is 14.7 Å². The molecule has 1 aromatic carbocycles. The van der Waals surface area contributed by atoms with E-state index in [1.807, 2.05) is 25.1 Å². The van der Waals surface area contributed by atoms with Gasteiger partial charge in [-0.25, -0.2) is 0 Å². The molecule has 0 bridgehead atoms. The van der Waals surface area contributed by atoms with Crippen LogP contribution < -0.4 is 4.74 Å². The van der Waals surface area contributed by atoms with E-state index >= 15 is 0 Å². The molecule has 0 aliphatic carbocycles. The van der Waals surface area contributed by atoms with Crippen molar-refractivity contribution < 1.29 is 14.6 Å². The molecule has 4 heteroatoms. The van der Waals surface area contributed by atoms with Crippen LogP contribution in [0.4, 0.5) is 0 Å². The van der Waals surface area contributed by atoms with Crippen LogP contribution in [0.5, 0.6) is 5.75 Å². The molecular weight excluding hydrogens is 230 g/mol. The summed E-state index contributed by atoms with van der Waals surface area (Å²) in [4.78, 5) is 13.4. The maximum absolute atomic E-state index is 11.9. The zero-order valence-electron chi connectivity index (χ0n) is 11.4. The number of carbonyl (C=O) groups is 1. The molecule has 1 aromatic rings. The summed E-state index contributed by atoms with van der Waals surface area (Å²) >= 11 is 0. The van der Waals surface area contributed by atoms with Crippen molar-refractivity contribution in [3.05, 3.63) is 29.3 Å². The molecule has 0 aliphatic heterocycles. The highest BCUT2D eigenvalue weighted by atomic mass is 16.5. The minimum atomic E-state index is -0.508. The first-order valence-corrected chi connectivity index (χ1v) is 5.99.